The van der Waals surface area contributed by atoms with Crippen molar-refractivity contribution in [2.24, 2.45) is 0 Å². The number of hydrogen-bond donors (Lipinski definition) is 2. The molecule has 0 spiro atoms. The molecule has 2 N–H and O–H groups in total. The summed E-state index contributed by atoms with van der Waals surface area (Å²) in [6.07, 6.45) is 2.13. The lowest BCUT2D eigenvalue weighted by Crippen LogP contribution is -2.40. The highest BCUT2D eigenvalue weighted by Crippen LogP contribution is 2.13. The van der Waals surface area contributed by atoms with Gasteiger partial charge in [-0.05, 0) is 55.3 Å². The summed E-state index contributed by atoms with van der Waals surface area (Å²) in [5, 5.41) is 6.00. The Kier molecular flexibility index (Phi) is 7.98. The minimum absolute atomic E-state index is 0.0778. The number of para-hydroxylation sites is 1. The first-order valence-corrected chi connectivity index (χ1v) is 12.3. The second-order valence-corrected chi connectivity index (χ2v) is 8.99. The van der Waals surface area contributed by atoms with Crippen LogP contribution in [-0.2, 0) is 22.6 Å². The highest BCUT2D eigenvalue weighted by atomic mass is 16.2. The fraction of sp³-hybridized carbons (Fsp3) is 0.241. The summed E-state index contributed by atoms with van der Waals surface area (Å²) in [5.74, 6) is -0.461. The van der Waals surface area contributed by atoms with Crippen molar-refractivity contribution in [1.29, 1.82) is 0 Å². The molecule has 2 amide bonds. The van der Waals surface area contributed by atoms with Gasteiger partial charge in [0.05, 0.1) is 23.0 Å². The number of hydrogen-bond acceptors (Lipinski definition) is 4. The Labute approximate surface area is 214 Å². The molecular formula is C29H30N4O4. The monoisotopic (exact) mass is 498 g/mol. The van der Waals surface area contributed by atoms with Crippen LogP contribution >= 0.6 is 0 Å². The molecule has 37 heavy (non-hydrogen) atoms. The molecule has 3 aromatic carbocycles. The van der Waals surface area contributed by atoms with Crippen molar-refractivity contribution < 1.29 is 9.59 Å². The number of aryl methyl sites for hydroxylation is 1. The Hall–Kier alpha value is -4.46. The number of rotatable bonds is 9. The topological polar surface area (TPSA) is 102 Å². The number of carbonyl (C=O) groups is 2. The van der Waals surface area contributed by atoms with Gasteiger partial charge in [-0.2, -0.15) is 0 Å². The predicted molar refractivity (Wildman–Crippen MR) is 145 cm³/mol. The van der Waals surface area contributed by atoms with Gasteiger partial charge in [-0.25, -0.2) is 9.36 Å². The number of unbranched alkanes of at least 4 members (excludes halogenated alkanes) is 1. The SMILES string of the molecule is CCCCNC(=O)Cc1ccc(-n2c(=O)c3ccccc3n(CC(=O)Nc3ccc(C)cc3)c2=O)cc1. The largest absolute Gasteiger partial charge is 0.356 e. The lowest BCUT2D eigenvalue weighted by molar-refractivity contribution is -0.120. The number of fused-ring (bicyclic) bond motifs is 1. The van der Waals surface area contributed by atoms with Gasteiger partial charge in [0.1, 0.15) is 6.54 Å². The number of nitrogens with one attached hydrogen (secondary N) is 2. The Bertz CT molecular complexity index is 1530. The van der Waals surface area contributed by atoms with Crippen LogP contribution in [0.15, 0.2) is 82.4 Å². The van der Waals surface area contributed by atoms with E-state index in [-0.39, 0.29) is 24.8 Å². The van der Waals surface area contributed by atoms with Crippen LogP contribution in [0.3, 0.4) is 0 Å². The fourth-order valence-electron chi connectivity index (χ4n) is 4.10. The van der Waals surface area contributed by atoms with E-state index in [2.05, 4.69) is 17.6 Å². The molecule has 0 saturated heterocycles. The van der Waals surface area contributed by atoms with E-state index >= 15 is 0 Å². The smallest absolute Gasteiger partial charge is 0.336 e. The number of aromatic nitrogens is 2. The minimum Gasteiger partial charge on any atom is -0.356 e. The third kappa shape index (κ3) is 6.03. The number of benzene rings is 3. The molecule has 0 atom stereocenters. The van der Waals surface area contributed by atoms with Gasteiger partial charge in [0, 0.05) is 12.2 Å². The molecule has 0 fully saturated rings. The van der Waals surface area contributed by atoms with Gasteiger partial charge in [-0.15, -0.1) is 0 Å². The standard InChI is InChI=1S/C29H30N4O4/c1-3-4-17-30-26(34)18-21-11-15-23(16-12-21)33-28(36)24-7-5-6-8-25(24)32(29(33)37)19-27(35)31-22-13-9-20(2)10-14-22/h5-16H,3-4,17-19H2,1-2H3,(H,30,34)(H,31,35). The number of nitrogens with zero attached hydrogens (tertiary/aromatic N) is 2. The van der Waals surface area contributed by atoms with Crippen molar-refractivity contribution in [3.05, 3.63) is 105 Å². The van der Waals surface area contributed by atoms with Crippen molar-refractivity contribution in [3.8, 4) is 5.69 Å². The molecule has 1 aromatic heterocycles. The Morgan fingerprint density at radius 3 is 2.27 bits per heavy atom. The van der Waals surface area contributed by atoms with Crippen molar-refractivity contribution >= 4 is 28.4 Å². The molecule has 1 heterocycles. The van der Waals surface area contributed by atoms with E-state index < -0.39 is 11.2 Å². The molecule has 8 nitrogen and oxygen atoms in total. The molecule has 190 valence electrons. The second-order valence-electron chi connectivity index (χ2n) is 8.99. The summed E-state index contributed by atoms with van der Waals surface area (Å²) in [7, 11) is 0. The Morgan fingerprint density at radius 2 is 1.57 bits per heavy atom. The van der Waals surface area contributed by atoms with Gasteiger partial charge in [-0.1, -0.05) is 55.3 Å². The highest BCUT2D eigenvalue weighted by Gasteiger charge is 2.17. The molecule has 0 bridgehead atoms. The van der Waals surface area contributed by atoms with Gasteiger partial charge in [0.15, 0.2) is 0 Å². The first-order valence-electron chi connectivity index (χ1n) is 12.3. The van der Waals surface area contributed by atoms with Crippen LogP contribution < -0.4 is 21.9 Å². The highest BCUT2D eigenvalue weighted by molar-refractivity contribution is 5.91. The third-order valence-electron chi connectivity index (χ3n) is 6.10. The molecule has 0 saturated carbocycles. The zero-order chi connectivity index (χ0) is 26.4. The number of amides is 2. The molecular weight excluding hydrogens is 468 g/mol. The fourth-order valence-corrected chi connectivity index (χ4v) is 4.10. The van der Waals surface area contributed by atoms with E-state index in [1.165, 1.54) is 4.57 Å². The summed E-state index contributed by atoms with van der Waals surface area (Å²) in [6, 6.07) is 20.8. The van der Waals surface area contributed by atoms with Crippen molar-refractivity contribution in [1.82, 2.24) is 14.5 Å². The third-order valence-corrected chi connectivity index (χ3v) is 6.10. The van der Waals surface area contributed by atoms with Crippen LogP contribution in [0, 0.1) is 6.92 Å². The number of carbonyl (C=O) groups excluding carboxylic acids is 2. The molecule has 4 aromatic rings. The van der Waals surface area contributed by atoms with Gasteiger partial charge in [-0.3, -0.25) is 19.0 Å². The molecule has 0 aliphatic carbocycles. The Morgan fingerprint density at radius 1 is 0.865 bits per heavy atom. The molecule has 0 aliphatic heterocycles. The van der Waals surface area contributed by atoms with Gasteiger partial charge in [0.25, 0.3) is 5.56 Å². The lowest BCUT2D eigenvalue weighted by Gasteiger charge is -2.14. The van der Waals surface area contributed by atoms with Gasteiger partial charge >= 0.3 is 5.69 Å². The van der Waals surface area contributed by atoms with Crippen LogP contribution in [0.4, 0.5) is 5.69 Å². The number of anilines is 1. The predicted octanol–water partition coefficient (Wildman–Crippen LogP) is 3.56. The normalized spacial score (nSPS) is 10.9. The van der Waals surface area contributed by atoms with Crippen LogP contribution in [0.5, 0.6) is 0 Å². The summed E-state index contributed by atoms with van der Waals surface area (Å²) >= 11 is 0. The minimum atomic E-state index is -0.618. The summed E-state index contributed by atoms with van der Waals surface area (Å²) in [5.41, 5.74) is 2.11. The molecule has 0 radical (unpaired) electrons. The molecule has 4 rings (SSSR count). The van der Waals surface area contributed by atoms with E-state index in [0.717, 1.165) is 28.5 Å². The van der Waals surface area contributed by atoms with Crippen LogP contribution in [0.25, 0.3) is 16.6 Å². The maximum Gasteiger partial charge on any atom is 0.336 e. The zero-order valence-corrected chi connectivity index (χ0v) is 21.0. The van der Waals surface area contributed by atoms with Crippen molar-refractivity contribution in [2.45, 2.75) is 39.7 Å². The van der Waals surface area contributed by atoms with E-state index in [9.17, 15) is 19.2 Å². The zero-order valence-electron chi connectivity index (χ0n) is 21.0. The summed E-state index contributed by atoms with van der Waals surface area (Å²) in [6.45, 7) is 4.39. The van der Waals surface area contributed by atoms with E-state index in [0.29, 0.717) is 28.8 Å². The Balaban J connectivity index is 1.65. The van der Waals surface area contributed by atoms with E-state index in [1.54, 1.807) is 60.7 Å². The second kappa shape index (κ2) is 11.5. The van der Waals surface area contributed by atoms with E-state index in [1.807, 2.05) is 19.1 Å². The van der Waals surface area contributed by atoms with Crippen molar-refractivity contribution in [2.75, 3.05) is 11.9 Å². The van der Waals surface area contributed by atoms with Crippen LogP contribution in [0.1, 0.15) is 30.9 Å². The lowest BCUT2D eigenvalue weighted by atomic mass is 10.1. The van der Waals surface area contributed by atoms with Crippen LogP contribution in [-0.4, -0.2) is 27.5 Å². The average molecular weight is 499 g/mol. The first kappa shape index (κ1) is 25.6. The van der Waals surface area contributed by atoms with Crippen molar-refractivity contribution in [3.63, 3.8) is 0 Å². The summed E-state index contributed by atoms with van der Waals surface area (Å²) < 4.78 is 2.36. The maximum atomic E-state index is 13.5. The summed E-state index contributed by atoms with van der Waals surface area (Å²) in [4.78, 5) is 51.8. The maximum absolute atomic E-state index is 13.5. The molecule has 8 heteroatoms. The average Bonchev–Trinajstić information content (AvgIpc) is 2.89. The molecule has 0 unspecified atom stereocenters. The van der Waals surface area contributed by atoms with E-state index in [4.69, 9.17) is 0 Å². The van der Waals surface area contributed by atoms with Gasteiger partial charge in [0.2, 0.25) is 11.8 Å². The molecule has 0 aliphatic rings. The van der Waals surface area contributed by atoms with Gasteiger partial charge < -0.3 is 10.6 Å². The first-order chi connectivity index (χ1) is 17.9. The van der Waals surface area contributed by atoms with Crippen LogP contribution in [0.2, 0.25) is 0 Å². The quantitative estimate of drug-likeness (QED) is 0.345.